The van der Waals surface area contributed by atoms with Gasteiger partial charge in [-0.1, -0.05) is 6.08 Å². The molecular weight excluding hydrogens is 166 g/mol. The van der Waals surface area contributed by atoms with Gasteiger partial charge in [0.05, 0.1) is 0 Å². The van der Waals surface area contributed by atoms with Crippen LogP contribution >= 0.6 is 0 Å². The second kappa shape index (κ2) is 3.50. The van der Waals surface area contributed by atoms with Crippen molar-refractivity contribution in [2.75, 3.05) is 0 Å². The van der Waals surface area contributed by atoms with Gasteiger partial charge in [-0.2, -0.15) is 0 Å². The van der Waals surface area contributed by atoms with E-state index in [9.17, 15) is 4.79 Å². The van der Waals surface area contributed by atoms with Crippen LogP contribution in [0, 0.1) is 0 Å². The van der Waals surface area contributed by atoms with E-state index in [0.29, 0.717) is 0 Å². The summed E-state index contributed by atoms with van der Waals surface area (Å²) in [6.45, 7) is 5.52. The zero-order chi connectivity index (χ0) is 10.1. The molecule has 0 unspecified atom stereocenters. The summed E-state index contributed by atoms with van der Waals surface area (Å²) < 4.78 is 5.15. The Kier molecular flexibility index (Phi) is 2.76. The summed E-state index contributed by atoms with van der Waals surface area (Å²) in [6, 6.07) is -0.548. The maximum absolute atomic E-state index is 11.4. The molecule has 0 heterocycles. The summed E-state index contributed by atoms with van der Waals surface area (Å²) in [5, 5.41) is 0. The van der Waals surface area contributed by atoms with E-state index in [0.717, 1.165) is 18.4 Å². The van der Waals surface area contributed by atoms with Crippen molar-refractivity contribution in [3.8, 4) is 0 Å². The van der Waals surface area contributed by atoms with Crippen LogP contribution in [0.1, 0.15) is 33.6 Å². The van der Waals surface area contributed by atoms with Crippen molar-refractivity contribution in [2.45, 2.75) is 45.3 Å². The molecule has 1 rings (SSSR count). The second-order valence-electron chi connectivity index (χ2n) is 4.33. The van der Waals surface area contributed by atoms with Crippen molar-refractivity contribution in [1.29, 1.82) is 0 Å². The smallest absolute Gasteiger partial charge is 0.327 e. The van der Waals surface area contributed by atoms with E-state index in [1.54, 1.807) is 0 Å². The summed E-state index contributed by atoms with van der Waals surface area (Å²) in [5.41, 5.74) is 6.25. The lowest BCUT2D eigenvalue weighted by molar-refractivity contribution is -0.155. The van der Waals surface area contributed by atoms with Crippen LogP contribution < -0.4 is 5.73 Å². The number of allylic oxidation sites excluding steroid dienone is 1. The van der Waals surface area contributed by atoms with E-state index in [-0.39, 0.29) is 5.97 Å². The number of esters is 1. The lowest BCUT2D eigenvalue weighted by Gasteiger charge is -2.25. The largest absolute Gasteiger partial charge is 0.459 e. The van der Waals surface area contributed by atoms with Crippen LogP contribution in [-0.2, 0) is 9.53 Å². The molecule has 0 amide bonds. The van der Waals surface area contributed by atoms with E-state index < -0.39 is 11.6 Å². The van der Waals surface area contributed by atoms with Crippen LogP contribution in [0.2, 0.25) is 0 Å². The highest BCUT2D eigenvalue weighted by Gasteiger charge is 2.26. The lowest BCUT2D eigenvalue weighted by atomic mass is 9.92. The first kappa shape index (κ1) is 10.3. The number of nitrogens with two attached hydrogens (primary N) is 1. The molecule has 2 N–H and O–H groups in total. The minimum Gasteiger partial charge on any atom is -0.459 e. The van der Waals surface area contributed by atoms with Gasteiger partial charge in [0.25, 0.3) is 0 Å². The fourth-order valence-electron chi connectivity index (χ4n) is 1.11. The number of rotatable bonds is 2. The molecule has 0 saturated heterocycles. The zero-order valence-corrected chi connectivity index (χ0v) is 8.46. The zero-order valence-electron chi connectivity index (χ0n) is 8.46. The molecule has 3 heteroatoms. The van der Waals surface area contributed by atoms with Crippen molar-refractivity contribution in [1.82, 2.24) is 0 Å². The average Bonchev–Trinajstić information content (AvgIpc) is 1.78. The minimum absolute atomic E-state index is 0.321. The van der Waals surface area contributed by atoms with Crippen LogP contribution in [-0.4, -0.2) is 17.6 Å². The van der Waals surface area contributed by atoms with E-state index in [1.165, 1.54) is 0 Å². The van der Waals surface area contributed by atoms with Crippen molar-refractivity contribution in [3.63, 3.8) is 0 Å². The molecule has 0 aromatic carbocycles. The first-order valence-electron chi connectivity index (χ1n) is 4.57. The Hall–Kier alpha value is -0.830. The summed E-state index contributed by atoms with van der Waals surface area (Å²) in [4.78, 5) is 11.4. The predicted octanol–water partition coefficient (Wildman–Crippen LogP) is 1.38. The Morgan fingerprint density at radius 2 is 2.15 bits per heavy atom. The standard InChI is InChI=1S/C10H17NO2/c1-10(2,3)13-9(12)8(11)7-5-4-6-7/h5,8H,4,6,11H2,1-3H3/t8-/m0/s1. The van der Waals surface area contributed by atoms with Crippen LogP contribution in [0.25, 0.3) is 0 Å². The molecule has 74 valence electrons. The third kappa shape index (κ3) is 2.84. The molecule has 0 radical (unpaired) electrons. The van der Waals surface area contributed by atoms with Crippen molar-refractivity contribution < 1.29 is 9.53 Å². The molecule has 0 spiro atoms. The van der Waals surface area contributed by atoms with Crippen LogP contribution in [0.5, 0.6) is 0 Å². The molecule has 0 aromatic heterocycles. The maximum atomic E-state index is 11.4. The van der Waals surface area contributed by atoms with Gasteiger partial charge in [0, 0.05) is 0 Å². The quantitative estimate of drug-likeness (QED) is 0.519. The fraction of sp³-hybridized carbons (Fsp3) is 0.700. The highest BCUT2D eigenvalue weighted by molar-refractivity contribution is 5.80. The molecule has 0 aliphatic heterocycles. The number of hydrogen-bond acceptors (Lipinski definition) is 3. The van der Waals surface area contributed by atoms with Gasteiger partial charge in [-0.05, 0) is 39.2 Å². The molecule has 1 aliphatic carbocycles. The average molecular weight is 183 g/mol. The summed E-state index contributed by atoms with van der Waals surface area (Å²) in [6.07, 6.45) is 3.96. The third-order valence-corrected chi connectivity index (χ3v) is 1.90. The molecule has 0 bridgehead atoms. The fourth-order valence-corrected chi connectivity index (χ4v) is 1.11. The van der Waals surface area contributed by atoms with Gasteiger partial charge in [0.1, 0.15) is 11.6 Å². The van der Waals surface area contributed by atoms with Crippen LogP contribution in [0.15, 0.2) is 11.6 Å². The lowest BCUT2D eigenvalue weighted by Crippen LogP contribution is -2.39. The predicted molar refractivity (Wildman–Crippen MR) is 51.1 cm³/mol. The maximum Gasteiger partial charge on any atom is 0.327 e. The Morgan fingerprint density at radius 1 is 1.62 bits per heavy atom. The molecule has 0 saturated carbocycles. The number of carbonyl (C=O) groups is 1. The van der Waals surface area contributed by atoms with E-state index in [1.807, 2.05) is 26.8 Å². The van der Waals surface area contributed by atoms with Gasteiger partial charge in [0.15, 0.2) is 0 Å². The van der Waals surface area contributed by atoms with Gasteiger partial charge in [-0.15, -0.1) is 0 Å². The SMILES string of the molecule is CC(C)(C)OC(=O)[C@@H](N)C1=CCC1. The number of ether oxygens (including phenoxy) is 1. The van der Waals surface area contributed by atoms with Crippen molar-refractivity contribution >= 4 is 5.97 Å². The molecule has 0 aromatic rings. The van der Waals surface area contributed by atoms with Crippen molar-refractivity contribution in [2.24, 2.45) is 5.73 Å². The van der Waals surface area contributed by atoms with Crippen molar-refractivity contribution in [3.05, 3.63) is 11.6 Å². The minimum atomic E-state index is -0.548. The highest BCUT2D eigenvalue weighted by atomic mass is 16.6. The molecule has 13 heavy (non-hydrogen) atoms. The Balaban J connectivity index is 2.48. The summed E-state index contributed by atoms with van der Waals surface area (Å²) in [7, 11) is 0. The third-order valence-electron chi connectivity index (χ3n) is 1.90. The molecule has 1 atom stereocenters. The Labute approximate surface area is 78.9 Å². The van der Waals surface area contributed by atoms with Gasteiger partial charge < -0.3 is 10.5 Å². The Morgan fingerprint density at radius 3 is 2.46 bits per heavy atom. The van der Waals surface area contributed by atoms with E-state index >= 15 is 0 Å². The molecule has 3 nitrogen and oxygen atoms in total. The van der Waals surface area contributed by atoms with Gasteiger partial charge in [0.2, 0.25) is 0 Å². The van der Waals surface area contributed by atoms with E-state index in [4.69, 9.17) is 10.5 Å². The highest BCUT2D eigenvalue weighted by Crippen LogP contribution is 2.22. The molecule has 0 fully saturated rings. The van der Waals surface area contributed by atoms with Crippen LogP contribution in [0.3, 0.4) is 0 Å². The summed E-state index contributed by atoms with van der Waals surface area (Å²) in [5.74, 6) is -0.321. The number of hydrogen-bond donors (Lipinski definition) is 1. The monoisotopic (exact) mass is 183 g/mol. The van der Waals surface area contributed by atoms with Crippen LogP contribution in [0.4, 0.5) is 0 Å². The molecular formula is C10H17NO2. The van der Waals surface area contributed by atoms with E-state index in [2.05, 4.69) is 0 Å². The molecule has 1 aliphatic rings. The Bertz CT molecular complexity index is 238. The normalized spacial score (nSPS) is 18.6. The first-order valence-corrected chi connectivity index (χ1v) is 4.57. The van der Waals surface area contributed by atoms with Gasteiger partial charge in [-0.25, -0.2) is 4.79 Å². The number of carbonyl (C=O) groups excluding carboxylic acids is 1. The van der Waals surface area contributed by atoms with Gasteiger partial charge >= 0.3 is 5.97 Å². The first-order chi connectivity index (χ1) is 5.90. The topological polar surface area (TPSA) is 52.3 Å². The second-order valence-corrected chi connectivity index (χ2v) is 4.33. The summed E-state index contributed by atoms with van der Waals surface area (Å²) >= 11 is 0. The van der Waals surface area contributed by atoms with Gasteiger partial charge in [-0.3, -0.25) is 0 Å².